The van der Waals surface area contributed by atoms with Crippen LogP contribution in [0.1, 0.15) is 63.8 Å². The normalized spacial score (nSPS) is 12.6. The Labute approximate surface area is 101 Å². The van der Waals surface area contributed by atoms with Gasteiger partial charge in [-0.15, -0.1) is 0 Å². The third kappa shape index (κ3) is 5.29. The maximum atomic E-state index is 4.29. The van der Waals surface area contributed by atoms with Crippen LogP contribution in [0.3, 0.4) is 0 Å². The number of pyridine rings is 1. The number of hydrogen-bond donors (Lipinski definition) is 0. The van der Waals surface area contributed by atoms with E-state index in [1.54, 1.807) is 0 Å². The molecular formula is C15H27N. The molecule has 0 spiro atoms. The fourth-order valence-electron chi connectivity index (χ4n) is 1.73. The van der Waals surface area contributed by atoms with Crippen LogP contribution in [-0.4, -0.2) is 4.98 Å². The van der Waals surface area contributed by atoms with Crippen molar-refractivity contribution in [2.75, 3.05) is 0 Å². The molecular weight excluding hydrogens is 194 g/mol. The molecule has 1 nitrogen and oxygen atoms in total. The van der Waals surface area contributed by atoms with Gasteiger partial charge in [-0.25, -0.2) is 0 Å². The van der Waals surface area contributed by atoms with E-state index >= 15 is 0 Å². The quantitative estimate of drug-likeness (QED) is 0.618. The second-order valence-electron chi connectivity index (χ2n) is 4.01. The molecule has 0 N–H and O–H groups in total. The van der Waals surface area contributed by atoms with E-state index in [1.807, 2.05) is 20.0 Å². The molecule has 1 aliphatic rings. The summed E-state index contributed by atoms with van der Waals surface area (Å²) in [5, 5.41) is 0. The Balaban J connectivity index is 0.000000394. The molecule has 0 radical (unpaired) electrons. The first kappa shape index (κ1) is 15.2. The van der Waals surface area contributed by atoms with E-state index in [0.717, 1.165) is 5.69 Å². The van der Waals surface area contributed by atoms with Crippen molar-refractivity contribution in [3.05, 3.63) is 29.1 Å². The monoisotopic (exact) mass is 221 g/mol. The van der Waals surface area contributed by atoms with Crippen molar-refractivity contribution in [2.24, 2.45) is 0 Å². The second-order valence-corrected chi connectivity index (χ2v) is 4.01. The molecule has 0 aromatic carbocycles. The Kier molecular flexibility index (Phi) is 8.88. The molecule has 1 aromatic heterocycles. The van der Waals surface area contributed by atoms with Crippen LogP contribution in [0.4, 0.5) is 0 Å². The van der Waals surface area contributed by atoms with Gasteiger partial charge in [0.2, 0.25) is 0 Å². The van der Waals surface area contributed by atoms with Crippen molar-refractivity contribution in [1.82, 2.24) is 4.98 Å². The summed E-state index contributed by atoms with van der Waals surface area (Å²) in [4.78, 5) is 4.29. The molecule has 0 unspecified atom stereocenters. The molecule has 92 valence electrons. The fourth-order valence-corrected chi connectivity index (χ4v) is 1.73. The predicted molar refractivity (Wildman–Crippen MR) is 72.9 cm³/mol. The van der Waals surface area contributed by atoms with Crippen molar-refractivity contribution >= 4 is 0 Å². The summed E-state index contributed by atoms with van der Waals surface area (Å²) in [7, 11) is 0. The highest BCUT2D eigenvalue weighted by atomic mass is 14.7. The molecule has 2 rings (SSSR count). The molecule has 0 bridgehead atoms. The number of rotatable bonds is 0. The van der Waals surface area contributed by atoms with Crippen LogP contribution in [0.2, 0.25) is 0 Å². The highest BCUT2D eigenvalue weighted by Crippen LogP contribution is 2.20. The third-order valence-electron chi connectivity index (χ3n) is 2.36. The van der Waals surface area contributed by atoms with Gasteiger partial charge >= 0.3 is 0 Å². The van der Waals surface area contributed by atoms with E-state index < -0.39 is 0 Å². The lowest BCUT2D eigenvalue weighted by atomic mass is 9.93. The third-order valence-corrected chi connectivity index (χ3v) is 2.36. The summed E-state index contributed by atoms with van der Waals surface area (Å²) < 4.78 is 0. The first-order chi connectivity index (χ1) is 7.77. The summed E-state index contributed by atoms with van der Waals surface area (Å²) in [6.07, 6.45) is 8.50. The van der Waals surface area contributed by atoms with Crippen molar-refractivity contribution in [3.63, 3.8) is 0 Å². The van der Waals surface area contributed by atoms with Gasteiger partial charge in [0.05, 0.1) is 0 Å². The first-order valence-corrected chi connectivity index (χ1v) is 6.72. The predicted octanol–water partition coefficient (Wildman–Crippen LogP) is 4.71. The number of fused-ring (bicyclic) bond motifs is 1. The van der Waals surface area contributed by atoms with Crippen LogP contribution in [0.15, 0.2) is 12.3 Å². The molecule has 0 amide bonds. The SMILES string of the molecule is CC.CCC.Cc1cc2c(cn1)CCCC2. The van der Waals surface area contributed by atoms with Gasteiger partial charge in [-0.05, 0) is 49.8 Å². The zero-order chi connectivity index (χ0) is 12.4. The molecule has 1 aliphatic carbocycles. The molecule has 0 saturated heterocycles. The molecule has 0 aliphatic heterocycles. The largest absolute Gasteiger partial charge is 0.261 e. The number of hydrogen-bond acceptors (Lipinski definition) is 1. The van der Waals surface area contributed by atoms with Crippen LogP contribution < -0.4 is 0 Å². The van der Waals surface area contributed by atoms with Gasteiger partial charge in [-0.1, -0.05) is 34.1 Å². The zero-order valence-electron chi connectivity index (χ0n) is 11.6. The van der Waals surface area contributed by atoms with Gasteiger partial charge in [-0.2, -0.15) is 0 Å². The highest BCUT2D eigenvalue weighted by Gasteiger charge is 2.08. The molecule has 16 heavy (non-hydrogen) atoms. The molecule has 1 heterocycles. The Morgan fingerprint density at radius 1 is 1.06 bits per heavy atom. The van der Waals surface area contributed by atoms with Crippen molar-refractivity contribution in [2.45, 2.75) is 66.7 Å². The van der Waals surface area contributed by atoms with Gasteiger partial charge in [0.25, 0.3) is 0 Å². The summed E-state index contributed by atoms with van der Waals surface area (Å²) in [6, 6.07) is 2.23. The first-order valence-electron chi connectivity index (χ1n) is 6.72. The maximum Gasteiger partial charge on any atom is 0.0375 e. The maximum absolute atomic E-state index is 4.29. The van der Waals surface area contributed by atoms with Crippen LogP contribution >= 0.6 is 0 Å². The lowest BCUT2D eigenvalue weighted by Gasteiger charge is -2.14. The molecule has 0 fully saturated rings. The fraction of sp³-hybridized carbons (Fsp3) is 0.667. The van der Waals surface area contributed by atoms with E-state index in [2.05, 4.69) is 31.8 Å². The van der Waals surface area contributed by atoms with E-state index in [0.29, 0.717) is 0 Å². The minimum atomic E-state index is 1.16. The van der Waals surface area contributed by atoms with Crippen LogP contribution in [-0.2, 0) is 12.8 Å². The van der Waals surface area contributed by atoms with Gasteiger partial charge in [0, 0.05) is 11.9 Å². The van der Waals surface area contributed by atoms with Gasteiger partial charge in [-0.3, -0.25) is 4.98 Å². The summed E-state index contributed by atoms with van der Waals surface area (Å²) in [5.74, 6) is 0. The molecule has 0 atom stereocenters. The van der Waals surface area contributed by atoms with Crippen LogP contribution in [0.25, 0.3) is 0 Å². The average Bonchev–Trinajstić information content (AvgIpc) is 2.32. The molecule has 1 heteroatoms. The van der Waals surface area contributed by atoms with Crippen molar-refractivity contribution in [3.8, 4) is 0 Å². The minimum absolute atomic E-state index is 1.16. The average molecular weight is 221 g/mol. The Hall–Kier alpha value is -0.850. The number of aromatic nitrogens is 1. The van der Waals surface area contributed by atoms with Gasteiger partial charge in [0.15, 0.2) is 0 Å². The zero-order valence-corrected chi connectivity index (χ0v) is 11.6. The lowest BCUT2D eigenvalue weighted by Crippen LogP contribution is -2.03. The lowest BCUT2D eigenvalue weighted by molar-refractivity contribution is 0.680. The van der Waals surface area contributed by atoms with Crippen LogP contribution in [0.5, 0.6) is 0 Å². The topological polar surface area (TPSA) is 12.9 Å². The van der Waals surface area contributed by atoms with Gasteiger partial charge < -0.3 is 0 Å². The Bertz CT molecular complexity index is 279. The second kappa shape index (κ2) is 9.38. The Morgan fingerprint density at radius 3 is 2.12 bits per heavy atom. The highest BCUT2D eigenvalue weighted by molar-refractivity contribution is 5.28. The van der Waals surface area contributed by atoms with Crippen LogP contribution in [0, 0.1) is 6.92 Å². The van der Waals surface area contributed by atoms with Crippen molar-refractivity contribution in [1.29, 1.82) is 0 Å². The van der Waals surface area contributed by atoms with E-state index in [1.165, 1.54) is 43.2 Å². The summed E-state index contributed by atoms with van der Waals surface area (Å²) in [5.41, 5.74) is 4.16. The smallest absolute Gasteiger partial charge is 0.0375 e. The molecule has 0 saturated carbocycles. The summed E-state index contributed by atoms with van der Waals surface area (Å²) in [6.45, 7) is 10.3. The summed E-state index contributed by atoms with van der Waals surface area (Å²) >= 11 is 0. The van der Waals surface area contributed by atoms with E-state index in [4.69, 9.17) is 0 Å². The van der Waals surface area contributed by atoms with Gasteiger partial charge in [0.1, 0.15) is 0 Å². The Morgan fingerprint density at radius 2 is 1.56 bits per heavy atom. The standard InChI is InChI=1S/C10H13N.C3H8.C2H6/c1-8-6-9-4-2-3-5-10(9)7-11-8;1-3-2;1-2/h6-7H,2-5H2,1H3;3H2,1-2H3;1-2H3. The minimum Gasteiger partial charge on any atom is -0.261 e. The number of aryl methyl sites for hydroxylation is 3. The van der Waals surface area contributed by atoms with Crippen molar-refractivity contribution < 1.29 is 0 Å². The van der Waals surface area contributed by atoms with E-state index in [9.17, 15) is 0 Å². The number of nitrogens with zero attached hydrogens (tertiary/aromatic N) is 1. The molecule has 1 aromatic rings. The van der Waals surface area contributed by atoms with E-state index in [-0.39, 0.29) is 0 Å².